The maximum atomic E-state index is 5.76. The Hall–Kier alpha value is -3.16. The molecule has 1 saturated heterocycles. The number of pyridine rings is 1. The summed E-state index contributed by atoms with van der Waals surface area (Å²) in [5.74, 6) is 1.66. The summed E-state index contributed by atoms with van der Waals surface area (Å²) in [5.41, 5.74) is 9.51. The minimum Gasteiger partial charge on any atom is -0.493 e. The van der Waals surface area contributed by atoms with Gasteiger partial charge in [-0.05, 0) is 69.2 Å². The van der Waals surface area contributed by atoms with Crippen LogP contribution >= 0.6 is 0 Å². The quantitative estimate of drug-likeness (QED) is 0.400. The molecule has 5 rings (SSSR count). The van der Waals surface area contributed by atoms with Gasteiger partial charge in [0, 0.05) is 17.5 Å². The first-order valence-corrected chi connectivity index (χ1v) is 11.0. The average molecular weight is 417 g/mol. The molecule has 0 bridgehead atoms. The lowest BCUT2D eigenvalue weighted by molar-refractivity contribution is 0.314. The normalized spacial score (nSPS) is 14.9. The van der Waals surface area contributed by atoms with Gasteiger partial charge in [0.2, 0.25) is 0 Å². The lowest BCUT2D eigenvalue weighted by Crippen LogP contribution is -2.35. The zero-order chi connectivity index (χ0) is 21.0. The van der Waals surface area contributed by atoms with Crippen LogP contribution in [0.3, 0.4) is 0 Å². The van der Waals surface area contributed by atoms with Crippen molar-refractivity contribution in [2.75, 3.05) is 31.6 Å². The second kappa shape index (κ2) is 8.91. The summed E-state index contributed by atoms with van der Waals surface area (Å²) in [5, 5.41) is 8.26. The van der Waals surface area contributed by atoms with Crippen molar-refractivity contribution in [2.45, 2.75) is 25.3 Å². The van der Waals surface area contributed by atoms with E-state index in [-0.39, 0.29) is 0 Å². The molecule has 31 heavy (non-hydrogen) atoms. The molecule has 0 radical (unpaired) electrons. The summed E-state index contributed by atoms with van der Waals surface area (Å²) in [6.07, 6.45) is 4.91. The predicted molar refractivity (Wildman–Crippen MR) is 125 cm³/mol. The van der Waals surface area contributed by atoms with E-state index in [1.165, 1.54) is 0 Å². The summed E-state index contributed by atoms with van der Waals surface area (Å²) in [6, 6.07) is 16.9. The van der Waals surface area contributed by atoms with E-state index < -0.39 is 0 Å². The van der Waals surface area contributed by atoms with Crippen LogP contribution in [-0.4, -0.2) is 46.8 Å². The number of rotatable bonds is 7. The van der Waals surface area contributed by atoms with Crippen molar-refractivity contribution in [3.8, 4) is 11.6 Å². The highest BCUT2D eigenvalue weighted by Gasteiger charge is 2.15. The number of hydrogen-bond acceptors (Lipinski definition) is 6. The third-order valence-electron chi connectivity index (χ3n) is 5.79. The van der Waals surface area contributed by atoms with Gasteiger partial charge in [0.1, 0.15) is 17.9 Å². The highest BCUT2D eigenvalue weighted by atomic mass is 16.5. The number of ether oxygens (including phenoxy) is 1. The molecular weight excluding hydrogens is 388 g/mol. The van der Waals surface area contributed by atoms with Crippen LogP contribution < -0.4 is 21.1 Å². The molecule has 4 N–H and O–H groups in total. The maximum absolute atomic E-state index is 5.76. The van der Waals surface area contributed by atoms with Crippen molar-refractivity contribution in [3.63, 3.8) is 0 Å². The summed E-state index contributed by atoms with van der Waals surface area (Å²) in [7, 11) is 0. The lowest BCUT2D eigenvalue weighted by Gasteiger charge is -2.25. The fourth-order valence-corrected chi connectivity index (χ4v) is 4.11. The van der Waals surface area contributed by atoms with E-state index in [2.05, 4.69) is 39.9 Å². The summed E-state index contributed by atoms with van der Waals surface area (Å²) >= 11 is 0. The minimum atomic E-state index is 0.476. The Balaban J connectivity index is 1.47. The SMILES string of the molecule is NCCCOc1ccc2c(c1)ncn2-c1ccc2cccc(NC3CCNCC3)c2n1. The Labute approximate surface area is 181 Å². The third-order valence-corrected chi connectivity index (χ3v) is 5.79. The predicted octanol–water partition coefficient (Wildman–Crippen LogP) is 3.47. The van der Waals surface area contributed by atoms with Crippen LogP contribution in [0, 0.1) is 0 Å². The molecule has 1 aliphatic heterocycles. The van der Waals surface area contributed by atoms with Gasteiger partial charge in [0.25, 0.3) is 0 Å². The zero-order valence-corrected chi connectivity index (χ0v) is 17.6. The van der Waals surface area contributed by atoms with Crippen LogP contribution in [0.1, 0.15) is 19.3 Å². The molecule has 3 heterocycles. The fraction of sp³-hybridized carbons (Fsp3) is 0.333. The molecule has 2 aromatic carbocycles. The van der Waals surface area contributed by atoms with Crippen molar-refractivity contribution >= 4 is 27.6 Å². The molecule has 0 unspecified atom stereocenters. The van der Waals surface area contributed by atoms with E-state index in [4.69, 9.17) is 15.5 Å². The molecule has 4 aromatic rings. The molecule has 160 valence electrons. The topological polar surface area (TPSA) is 90.0 Å². The number of benzene rings is 2. The van der Waals surface area contributed by atoms with E-state index in [1.807, 2.05) is 35.2 Å². The van der Waals surface area contributed by atoms with Crippen molar-refractivity contribution in [2.24, 2.45) is 5.73 Å². The molecule has 7 heteroatoms. The largest absolute Gasteiger partial charge is 0.493 e. The molecule has 0 atom stereocenters. The fourth-order valence-electron chi connectivity index (χ4n) is 4.11. The number of anilines is 1. The molecule has 0 aliphatic carbocycles. The van der Waals surface area contributed by atoms with Crippen molar-refractivity contribution in [1.29, 1.82) is 0 Å². The van der Waals surface area contributed by atoms with E-state index >= 15 is 0 Å². The van der Waals surface area contributed by atoms with Gasteiger partial charge in [-0.1, -0.05) is 12.1 Å². The Kier molecular flexibility index (Phi) is 5.69. The second-order valence-corrected chi connectivity index (χ2v) is 7.97. The first-order chi connectivity index (χ1) is 15.3. The number of piperidine rings is 1. The van der Waals surface area contributed by atoms with E-state index in [0.29, 0.717) is 19.2 Å². The average Bonchev–Trinajstić information content (AvgIpc) is 3.23. The van der Waals surface area contributed by atoms with Crippen molar-refractivity contribution in [3.05, 3.63) is 54.9 Å². The van der Waals surface area contributed by atoms with Crippen LogP contribution in [0.15, 0.2) is 54.9 Å². The van der Waals surface area contributed by atoms with E-state index in [1.54, 1.807) is 0 Å². The number of nitrogens with one attached hydrogen (secondary N) is 2. The molecule has 7 nitrogen and oxygen atoms in total. The van der Waals surface area contributed by atoms with Gasteiger partial charge in [-0.25, -0.2) is 9.97 Å². The highest BCUT2D eigenvalue weighted by Crippen LogP contribution is 2.27. The second-order valence-electron chi connectivity index (χ2n) is 7.97. The molecule has 0 spiro atoms. The number of hydrogen-bond donors (Lipinski definition) is 3. The van der Waals surface area contributed by atoms with Gasteiger partial charge in [0.15, 0.2) is 0 Å². The molecule has 1 aliphatic rings. The number of imidazole rings is 1. The smallest absolute Gasteiger partial charge is 0.139 e. The summed E-state index contributed by atoms with van der Waals surface area (Å²) in [4.78, 5) is 9.59. The molecule has 2 aromatic heterocycles. The number of para-hydroxylation sites is 1. The first-order valence-electron chi connectivity index (χ1n) is 11.0. The van der Waals surface area contributed by atoms with Crippen LogP contribution in [-0.2, 0) is 0 Å². The van der Waals surface area contributed by atoms with Gasteiger partial charge >= 0.3 is 0 Å². The lowest BCUT2D eigenvalue weighted by atomic mass is 10.1. The van der Waals surface area contributed by atoms with Crippen LogP contribution in [0.5, 0.6) is 5.75 Å². The number of fused-ring (bicyclic) bond motifs is 2. The summed E-state index contributed by atoms with van der Waals surface area (Å²) < 4.78 is 7.78. The van der Waals surface area contributed by atoms with Crippen molar-refractivity contribution < 1.29 is 4.74 Å². The van der Waals surface area contributed by atoms with Crippen LogP contribution in [0.4, 0.5) is 5.69 Å². The maximum Gasteiger partial charge on any atom is 0.139 e. The van der Waals surface area contributed by atoms with Gasteiger partial charge < -0.3 is 21.1 Å². The van der Waals surface area contributed by atoms with E-state index in [9.17, 15) is 0 Å². The Morgan fingerprint density at radius 1 is 1.13 bits per heavy atom. The van der Waals surface area contributed by atoms with Crippen molar-refractivity contribution in [1.82, 2.24) is 19.9 Å². The third kappa shape index (κ3) is 4.19. The monoisotopic (exact) mass is 416 g/mol. The Morgan fingerprint density at radius 3 is 2.90 bits per heavy atom. The number of nitrogens with two attached hydrogens (primary N) is 1. The highest BCUT2D eigenvalue weighted by molar-refractivity contribution is 5.91. The molecule has 0 saturated carbocycles. The Morgan fingerprint density at radius 2 is 2.03 bits per heavy atom. The Bertz CT molecular complexity index is 1180. The standard InChI is InChI=1S/C24H28N6O/c25-11-2-14-31-19-6-7-22-21(15-19)27-16-30(22)23-8-5-17-3-1-4-20(24(17)29-23)28-18-9-12-26-13-10-18/h1,3-8,15-16,18,26,28H,2,9-14,25H2. The van der Waals surface area contributed by atoms with Gasteiger partial charge in [0.05, 0.1) is 28.8 Å². The molecule has 1 fully saturated rings. The van der Waals surface area contributed by atoms with Crippen LogP contribution in [0.2, 0.25) is 0 Å². The number of aromatic nitrogens is 3. The molecular formula is C24H28N6O. The minimum absolute atomic E-state index is 0.476. The molecule has 0 amide bonds. The van der Waals surface area contributed by atoms with Gasteiger partial charge in [-0.2, -0.15) is 0 Å². The van der Waals surface area contributed by atoms with Gasteiger partial charge in [-0.3, -0.25) is 4.57 Å². The van der Waals surface area contributed by atoms with Gasteiger partial charge in [-0.15, -0.1) is 0 Å². The summed E-state index contributed by atoms with van der Waals surface area (Å²) in [6.45, 7) is 3.35. The van der Waals surface area contributed by atoms with E-state index in [0.717, 1.165) is 71.5 Å². The first kappa shape index (κ1) is 19.8. The van der Waals surface area contributed by atoms with Crippen LogP contribution in [0.25, 0.3) is 27.8 Å². The number of nitrogens with zero attached hydrogens (tertiary/aromatic N) is 3. The zero-order valence-electron chi connectivity index (χ0n) is 17.6.